The summed E-state index contributed by atoms with van der Waals surface area (Å²) in [7, 11) is 0. The second-order valence-corrected chi connectivity index (χ2v) is 5.13. The minimum atomic E-state index is -1.29. The van der Waals surface area contributed by atoms with E-state index in [1.165, 1.54) is 0 Å². The summed E-state index contributed by atoms with van der Waals surface area (Å²) < 4.78 is 0. The van der Waals surface area contributed by atoms with Gasteiger partial charge in [-0.25, -0.2) is 0 Å². The van der Waals surface area contributed by atoms with Gasteiger partial charge in [0.2, 0.25) is 5.91 Å². The molecule has 0 saturated carbocycles. The zero-order valence-corrected chi connectivity index (χ0v) is 12.4. The summed E-state index contributed by atoms with van der Waals surface area (Å²) in [5.74, 6) is -1.17. The van der Waals surface area contributed by atoms with Crippen LogP contribution in [0.5, 0.6) is 0 Å². The number of nitrogens with one attached hydrogen (secondary N) is 1. The molecule has 0 radical (unpaired) electrons. The highest BCUT2D eigenvalue weighted by Gasteiger charge is 2.23. The molecule has 0 saturated heterocycles. The topological polar surface area (TPSA) is 92.4 Å². The van der Waals surface area contributed by atoms with E-state index in [4.69, 9.17) is 5.73 Å². The average Bonchev–Trinajstić information content (AvgIpc) is 2.50. The lowest BCUT2D eigenvalue weighted by atomic mass is 10.1. The summed E-state index contributed by atoms with van der Waals surface area (Å²) in [5, 5.41) is 12.5. The van der Waals surface area contributed by atoms with Gasteiger partial charge in [0.25, 0.3) is 5.91 Å². The van der Waals surface area contributed by atoms with Crippen molar-refractivity contribution in [3.05, 3.63) is 35.9 Å². The molecule has 0 fully saturated rings. The lowest BCUT2D eigenvalue weighted by molar-refractivity contribution is -0.133. The number of aliphatic hydroxyl groups excluding tert-OH is 1. The second kappa shape index (κ2) is 9.13. The fraction of sp³-hybridized carbons (Fsp3) is 0.500. The smallest absolute Gasteiger partial charge is 0.254 e. The van der Waals surface area contributed by atoms with Crippen LogP contribution in [-0.4, -0.2) is 23.0 Å². The monoisotopic (exact) mass is 292 g/mol. The van der Waals surface area contributed by atoms with Crippen molar-refractivity contribution >= 4 is 11.8 Å². The zero-order valence-electron chi connectivity index (χ0n) is 12.4. The minimum absolute atomic E-state index is 0.490. The van der Waals surface area contributed by atoms with Crippen LogP contribution in [0.2, 0.25) is 0 Å². The van der Waals surface area contributed by atoms with Crippen LogP contribution in [0.1, 0.15) is 50.7 Å². The first-order valence-electron chi connectivity index (χ1n) is 7.39. The predicted octanol–water partition coefficient (Wildman–Crippen LogP) is 1.66. The predicted molar refractivity (Wildman–Crippen MR) is 81.3 cm³/mol. The SMILES string of the molecule is CCCCCC[C@@H](NC(=O)[C@@H](O)c1ccccc1)C(N)=O. The Balaban J connectivity index is 2.54. The van der Waals surface area contributed by atoms with E-state index in [1.807, 2.05) is 0 Å². The summed E-state index contributed by atoms with van der Waals surface area (Å²) in [6.45, 7) is 2.10. The number of nitrogens with two attached hydrogens (primary N) is 1. The molecule has 0 heterocycles. The molecule has 1 rings (SSSR count). The number of hydrogen-bond acceptors (Lipinski definition) is 3. The number of hydrogen-bond donors (Lipinski definition) is 3. The van der Waals surface area contributed by atoms with Crippen molar-refractivity contribution < 1.29 is 14.7 Å². The molecule has 0 aliphatic rings. The minimum Gasteiger partial charge on any atom is -0.378 e. The lowest BCUT2D eigenvalue weighted by Crippen LogP contribution is -2.46. The first-order chi connectivity index (χ1) is 10.1. The quantitative estimate of drug-likeness (QED) is 0.604. The van der Waals surface area contributed by atoms with Gasteiger partial charge in [-0.2, -0.15) is 0 Å². The molecule has 1 aromatic rings. The van der Waals surface area contributed by atoms with Gasteiger partial charge in [-0.3, -0.25) is 9.59 Å². The van der Waals surface area contributed by atoms with E-state index in [9.17, 15) is 14.7 Å². The van der Waals surface area contributed by atoms with E-state index < -0.39 is 24.0 Å². The van der Waals surface area contributed by atoms with Crippen LogP contribution in [0.4, 0.5) is 0 Å². The van der Waals surface area contributed by atoms with Crippen LogP contribution in [-0.2, 0) is 9.59 Å². The molecular formula is C16H24N2O3. The Labute approximate surface area is 125 Å². The largest absolute Gasteiger partial charge is 0.378 e. The van der Waals surface area contributed by atoms with E-state index in [-0.39, 0.29) is 0 Å². The number of unbranched alkanes of at least 4 members (excludes halogenated alkanes) is 3. The van der Waals surface area contributed by atoms with Crippen LogP contribution in [0.3, 0.4) is 0 Å². The Morgan fingerprint density at radius 1 is 1.19 bits per heavy atom. The van der Waals surface area contributed by atoms with Gasteiger partial charge in [-0.05, 0) is 12.0 Å². The summed E-state index contributed by atoms with van der Waals surface area (Å²) in [5.41, 5.74) is 5.79. The van der Waals surface area contributed by atoms with E-state index in [0.29, 0.717) is 12.0 Å². The third kappa shape index (κ3) is 5.95. The Kier molecular flexibility index (Phi) is 7.46. The van der Waals surface area contributed by atoms with Crippen molar-refractivity contribution in [2.24, 2.45) is 5.73 Å². The maximum absolute atomic E-state index is 12.0. The molecule has 21 heavy (non-hydrogen) atoms. The van der Waals surface area contributed by atoms with Crippen LogP contribution >= 0.6 is 0 Å². The van der Waals surface area contributed by atoms with Gasteiger partial charge < -0.3 is 16.2 Å². The van der Waals surface area contributed by atoms with Crippen LogP contribution in [0, 0.1) is 0 Å². The van der Waals surface area contributed by atoms with Crippen molar-refractivity contribution in [1.29, 1.82) is 0 Å². The Bertz CT molecular complexity index is 448. The number of benzene rings is 1. The van der Waals surface area contributed by atoms with Crippen molar-refractivity contribution in [3.8, 4) is 0 Å². The van der Waals surface area contributed by atoms with E-state index >= 15 is 0 Å². The number of aliphatic hydroxyl groups is 1. The van der Waals surface area contributed by atoms with E-state index in [2.05, 4.69) is 12.2 Å². The zero-order chi connectivity index (χ0) is 15.7. The van der Waals surface area contributed by atoms with Gasteiger partial charge in [-0.15, -0.1) is 0 Å². The third-order valence-corrected chi connectivity index (χ3v) is 3.37. The molecule has 5 nitrogen and oxygen atoms in total. The fourth-order valence-electron chi connectivity index (χ4n) is 2.10. The molecule has 0 bridgehead atoms. The molecule has 0 aromatic heterocycles. The highest BCUT2D eigenvalue weighted by Crippen LogP contribution is 2.13. The van der Waals surface area contributed by atoms with Gasteiger partial charge in [0.15, 0.2) is 6.10 Å². The number of rotatable bonds is 9. The van der Waals surface area contributed by atoms with Crippen molar-refractivity contribution in [1.82, 2.24) is 5.32 Å². The highest BCUT2D eigenvalue weighted by molar-refractivity contribution is 5.88. The van der Waals surface area contributed by atoms with Crippen LogP contribution in [0.25, 0.3) is 0 Å². The molecule has 5 heteroatoms. The third-order valence-electron chi connectivity index (χ3n) is 3.37. The van der Waals surface area contributed by atoms with Crippen LogP contribution in [0.15, 0.2) is 30.3 Å². The number of primary amides is 1. The van der Waals surface area contributed by atoms with Gasteiger partial charge in [-0.1, -0.05) is 62.9 Å². The molecule has 2 amide bonds. The normalized spacial score (nSPS) is 13.4. The average molecular weight is 292 g/mol. The molecule has 0 aliphatic carbocycles. The lowest BCUT2D eigenvalue weighted by Gasteiger charge is -2.18. The first kappa shape index (κ1) is 17.2. The fourth-order valence-corrected chi connectivity index (χ4v) is 2.10. The molecule has 2 atom stereocenters. The van der Waals surface area contributed by atoms with E-state index in [0.717, 1.165) is 25.7 Å². The summed E-state index contributed by atoms with van der Waals surface area (Å²) in [6, 6.07) is 7.86. The maximum atomic E-state index is 12.0. The second-order valence-electron chi connectivity index (χ2n) is 5.13. The van der Waals surface area contributed by atoms with Crippen molar-refractivity contribution in [2.75, 3.05) is 0 Å². The van der Waals surface area contributed by atoms with Crippen molar-refractivity contribution in [3.63, 3.8) is 0 Å². The van der Waals surface area contributed by atoms with Gasteiger partial charge >= 0.3 is 0 Å². The Morgan fingerprint density at radius 3 is 2.43 bits per heavy atom. The van der Waals surface area contributed by atoms with Gasteiger partial charge in [0.05, 0.1) is 0 Å². The standard InChI is InChI=1S/C16H24N2O3/c1-2-3-4-8-11-13(15(17)20)18-16(21)14(19)12-9-6-5-7-10-12/h5-7,9-10,13-14,19H,2-4,8,11H2,1H3,(H2,17,20)(H,18,21)/t13-,14+/m1/s1. The van der Waals surface area contributed by atoms with Crippen LogP contribution < -0.4 is 11.1 Å². The molecule has 0 spiro atoms. The number of carbonyl (C=O) groups excluding carboxylic acids is 2. The number of amides is 2. The van der Waals surface area contributed by atoms with Gasteiger partial charge in [0, 0.05) is 0 Å². The Morgan fingerprint density at radius 2 is 1.86 bits per heavy atom. The molecule has 0 aliphatic heterocycles. The Hall–Kier alpha value is -1.88. The molecular weight excluding hydrogens is 268 g/mol. The molecule has 0 unspecified atom stereocenters. The summed E-state index contributed by atoms with van der Waals surface area (Å²) in [4.78, 5) is 23.4. The van der Waals surface area contributed by atoms with Crippen molar-refractivity contribution in [2.45, 2.75) is 51.2 Å². The molecule has 4 N–H and O–H groups in total. The first-order valence-corrected chi connectivity index (χ1v) is 7.39. The molecule has 116 valence electrons. The summed E-state index contributed by atoms with van der Waals surface area (Å²) in [6.07, 6.45) is 3.22. The maximum Gasteiger partial charge on any atom is 0.254 e. The van der Waals surface area contributed by atoms with E-state index in [1.54, 1.807) is 30.3 Å². The highest BCUT2D eigenvalue weighted by atomic mass is 16.3. The number of carbonyl (C=O) groups is 2. The van der Waals surface area contributed by atoms with Gasteiger partial charge in [0.1, 0.15) is 6.04 Å². The molecule has 1 aromatic carbocycles. The summed E-state index contributed by atoms with van der Waals surface area (Å²) >= 11 is 0.